The second-order valence-corrected chi connectivity index (χ2v) is 10.0. The van der Waals surface area contributed by atoms with Gasteiger partial charge in [-0.3, -0.25) is 4.79 Å². The van der Waals surface area contributed by atoms with Gasteiger partial charge >= 0.3 is 0 Å². The second-order valence-electron chi connectivity index (χ2n) is 8.35. The first-order chi connectivity index (χ1) is 16.5. The Labute approximate surface area is 203 Å². The van der Waals surface area contributed by atoms with Crippen LogP contribution in [0.5, 0.6) is 0 Å². The Hall–Kier alpha value is -2.84. The zero-order chi connectivity index (χ0) is 25.8. The molecule has 0 spiro atoms. The predicted molar refractivity (Wildman–Crippen MR) is 127 cm³/mol. The molecule has 35 heavy (non-hydrogen) atoms. The number of benzene rings is 1. The number of aliphatic hydroxyl groups is 3. The maximum Gasteiger partial charge on any atom is 0.264 e. The van der Waals surface area contributed by atoms with Gasteiger partial charge in [0.05, 0.1) is 11.5 Å². The van der Waals surface area contributed by atoms with Crippen LogP contribution in [0.4, 0.5) is 11.6 Å². The van der Waals surface area contributed by atoms with Gasteiger partial charge in [-0.15, -0.1) is 0 Å². The molecular weight excluding hydrogens is 478 g/mol. The van der Waals surface area contributed by atoms with Gasteiger partial charge in [0.25, 0.3) is 10.0 Å². The molecule has 1 saturated heterocycles. The molecule has 0 aliphatic carbocycles. The number of amides is 1. The number of anilines is 2. The zero-order valence-corrected chi connectivity index (χ0v) is 20.5. The lowest BCUT2D eigenvalue weighted by atomic mass is 9.95. The Morgan fingerprint density at radius 2 is 1.71 bits per heavy atom. The number of aryl methyl sites for hydroxylation is 2. The van der Waals surface area contributed by atoms with Crippen LogP contribution < -0.4 is 15.4 Å². The average molecular weight is 510 g/mol. The molecular formula is C22H31N5O7S. The number of sulfonamides is 1. The second kappa shape index (κ2) is 11.3. The molecule has 1 amide bonds. The third kappa shape index (κ3) is 6.64. The van der Waals surface area contributed by atoms with Crippen LogP contribution in [-0.2, 0) is 19.6 Å². The summed E-state index contributed by atoms with van der Waals surface area (Å²) in [6.07, 6.45) is -4.08. The maximum absolute atomic E-state index is 12.7. The van der Waals surface area contributed by atoms with Crippen molar-refractivity contribution in [2.24, 2.45) is 0 Å². The summed E-state index contributed by atoms with van der Waals surface area (Å²) >= 11 is 0. The van der Waals surface area contributed by atoms with E-state index in [1.807, 2.05) is 6.92 Å². The van der Waals surface area contributed by atoms with E-state index in [4.69, 9.17) is 4.74 Å². The number of hydrogen-bond donors (Lipinski definition) is 6. The van der Waals surface area contributed by atoms with Crippen LogP contribution >= 0.6 is 0 Å². The van der Waals surface area contributed by atoms with E-state index in [2.05, 4.69) is 25.3 Å². The number of carbonyl (C=O) groups is 1. The van der Waals surface area contributed by atoms with Gasteiger partial charge in [0.1, 0.15) is 24.4 Å². The largest absolute Gasteiger partial charge is 0.394 e. The number of aliphatic hydroxyl groups excluding tert-OH is 3. The SMILES string of the molecule is CCCC(=O)N[C@@H]1[C@@H](O)[C@H](O)[C@H](CO)O[C@@H]1Nc1ccc(S(=O)(=O)Nc2nc(C)cc(C)n2)cc1. The fourth-order valence-corrected chi connectivity index (χ4v) is 4.68. The molecule has 6 N–H and O–H groups in total. The van der Waals surface area contributed by atoms with Crippen LogP contribution in [0.2, 0.25) is 0 Å². The first kappa shape index (κ1) is 26.8. The molecule has 1 aliphatic heterocycles. The molecule has 1 aromatic carbocycles. The molecule has 2 heterocycles. The Bertz CT molecular complexity index is 1110. The van der Waals surface area contributed by atoms with Crippen LogP contribution in [0.25, 0.3) is 0 Å². The zero-order valence-electron chi connectivity index (χ0n) is 19.7. The van der Waals surface area contributed by atoms with Crippen molar-refractivity contribution in [3.05, 3.63) is 41.7 Å². The predicted octanol–water partition coefficient (Wildman–Crippen LogP) is 0.0300. The summed E-state index contributed by atoms with van der Waals surface area (Å²) in [5, 5.41) is 35.9. The van der Waals surface area contributed by atoms with E-state index < -0.39 is 47.2 Å². The highest BCUT2D eigenvalue weighted by Gasteiger charge is 2.45. The fraction of sp³-hybridized carbons (Fsp3) is 0.500. The number of nitrogens with one attached hydrogen (secondary N) is 3. The molecule has 2 aromatic rings. The molecule has 1 fully saturated rings. The van der Waals surface area contributed by atoms with Crippen molar-refractivity contribution in [1.82, 2.24) is 15.3 Å². The van der Waals surface area contributed by atoms with E-state index >= 15 is 0 Å². The summed E-state index contributed by atoms with van der Waals surface area (Å²) in [6.45, 7) is 4.75. The van der Waals surface area contributed by atoms with E-state index in [1.165, 1.54) is 24.3 Å². The molecule has 0 bridgehead atoms. The molecule has 1 aliphatic rings. The molecule has 1 aromatic heterocycles. The fourth-order valence-electron chi connectivity index (χ4n) is 3.73. The smallest absolute Gasteiger partial charge is 0.264 e. The number of aromatic nitrogens is 2. The topological polar surface area (TPSA) is 183 Å². The lowest BCUT2D eigenvalue weighted by Crippen LogP contribution is -2.66. The Balaban J connectivity index is 1.77. The van der Waals surface area contributed by atoms with E-state index in [-0.39, 0.29) is 23.2 Å². The van der Waals surface area contributed by atoms with Crippen LogP contribution in [-0.4, -0.2) is 76.8 Å². The van der Waals surface area contributed by atoms with Gasteiger partial charge in [-0.1, -0.05) is 6.92 Å². The quantitative estimate of drug-likeness (QED) is 0.270. The van der Waals surface area contributed by atoms with E-state index in [1.54, 1.807) is 19.9 Å². The molecule has 12 nitrogen and oxygen atoms in total. The number of hydrogen-bond acceptors (Lipinski definition) is 10. The van der Waals surface area contributed by atoms with Gasteiger partial charge in [0, 0.05) is 23.5 Å². The molecule has 0 radical (unpaired) electrons. The number of rotatable bonds is 9. The van der Waals surface area contributed by atoms with Crippen molar-refractivity contribution in [3.63, 3.8) is 0 Å². The lowest BCUT2D eigenvalue weighted by molar-refractivity contribution is -0.188. The third-order valence-corrected chi connectivity index (χ3v) is 6.76. The van der Waals surface area contributed by atoms with Crippen molar-refractivity contribution >= 4 is 27.6 Å². The highest BCUT2D eigenvalue weighted by Crippen LogP contribution is 2.24. The Kier molecular flexibility index (Phi) is 8.61. The summed E-state index contributed by atoms with van der Waals surface area (Å²) in [5.74, 6) is -0.365. The lowest BCUT2D eigenvalue weighted by Gasteiger charge is -2.43. The Morgan fingerprint density at radius 3 is 2.29 bits per heavy atom. The van der Waals surface area contributed by atoms with Crippen molar-refractivity contribution in [1.29, 1.82) is 0 Å². The van der Waals surface area contributed by atoms with Gasteiger partial charge in [-0.05, 0) is 50.6 Å². The van der Waals surface area contributed by atoms with E-state index in [9.17, 15) is 28.5 Å². The molecule has 0 unspecified atom stereocenters. The Morgan fingerprint density at radius 1 is 1.09 bits per heavy atom. The molecule has 13 heteroatoms. The minimum absolute atomic E-state index is 0.0337. The van der Waals surface area contributed by atoms with Gasteiger partial charge in [-0.2, -0.15) is 0 Å². The minimum atomic E-state index is -3.96. The first-order valence-corrected chi connectivity index (χ1v) is 12.7. The van der Waals surface area contributed by atoms with Crippen LogP contribution in [0.15, 0.2) is 35.2 Å². The number of carbonyl (C=O) groups excluding carboxylic acids is 1. The molecule has 192 valence electrons. The summed E-state index contributed by atoms with van der Waals surface area (Å²) in [4.78, 5) is 20.3. The normalized spacial score (nSPS) is 24.6. The molecule has 5 atom stereocenters. The first-order valence-electron chi connectivity index (χ1n) is 11.2. The standard InChI is InChI=1S/C22H31N5O7S/c1-4-5-17(29)26-18-20(31)19(30)16(11-28)34-21(18)25-14-6-8-15(9-7-14)35(32,33)27-22-23-12(2)10-13(3)24-22/h6-10,16,18-21,25,28,30-31H,4-5,11H2,1-3H3,(H,26,29)(H,23,24,27)/t16-,18+,19+,20+,21-/m0/s1. The van der Waals surface area contributed by atoms with Gasteiger partial charge < -0.3 is 30.7 Å². The number of ether oxygens (including phenoxy) is 1. The highest BCUT2D eigenvalue weighted by molar-refractivity contribution is 7.92. The van der Waals surface area contributed by atoms with Crippen molar-refractivity contribution in [2.75, 3.05) is 16.6 Å². The van der Waals surface area contributed by atoms with Gasteiger partial charge in [0.2, 0.25) is 11.9 Å². The maximum atomic E-state index is 12.7. The van der Waals surface area contributed by atoms with E-state index in [0.717, 1.165) is 0 Å². The highest BCUT2D eigenvalue weighted by atomic mass is 32.2. The van der Waals surface area contributed by atoms with Crippen molar-refractivity contribution in [3.8, 4) is 0 Å². The minimum Gasteiger partial charge on any atom is -0.394 e. The monoisotopic (exact) mass is 509 g/mol. The molecule has 3 rings (SSSR count). The van der Waals surface area contributed by atoms with Crippen LogP contribution in [0, 0.1) is 13.8 Å². The molecule has 0 saturated carbocycles. The van der Waals surface area contributed by atoms with Gasteiger partial charge in [-0.25, -0.2) is 23.1 Å². The average Bonchev–Trinajstić information content (AvgIpc) is 2.78. The van der Waals surface area contributed by atoms with Crippen molar-refractivity contribution < 1.29 is 33.3 Å². The summed E-state index contributed by atoms with van der Waals surface area (Å²) < 4.78 is 33.5. The van der Waals surface area contributed by atoms with Gasteiger partial charge in [0.15, 0.2) is 6.23 Å². The van der Waals surface area contributed by atoms with Crippen LogP contribution in [0.1, 0.15) is 31.2 Å². The summed E-state index contributed by atoms with van der Waals surface area (Å²) in [7, 11) is -3.96. The number of nitrogens with zero attached hydrogens (tertiary/aromatic N) is 2. The third-order valence-electron chi connectivity index (χ3n) is 5.41. The summed E-state index contributed by atoms with van der Waals surface area (Å²) in [5.41, 5.74) is 1.67. The summed E-state index contributed by atoms with van der Waals surface area (Å²) in [6, 6.07) is 6.39. The van der Waals surface area contributed by atoms with Crippen LogP contribution in [0.3, 0.4) is 0 Å². The van der Waals surface area contributed by atoms with Crippen molar-refractivity contribution in [2.45, 2.75) is 69.1 Å². The van der Waals surface area contributed by atoms with E-state index in [0.29, 0.717) is 23.5 Å².